The summed E-state index contributed by atoms with van der Waals surface area (Å²) in [5, 5.41) is 35.0. The Labute approximate surface area is 203 Å². The third kappa shape index (κ3) is 3.39. The lowest BCUT2D eigenvalue weighted by atomic mass is 9.43. The highest BCUT2D eigenvalue weighted by atomic mass is 16.5. The number of carbonyl (C=O) groups excluding carboxylic acids is 2. The van der Waals surface area contributed by atoms with Crippen molar-refractivity contribution in [1.82, 2.24) is 0 Å². The first-order valence-corrected chi connectivity index (χ1v) is 12.9. The molecule has 0 aromatic carbocycles. The number of ether oxygens (including phenoxy) is 1. The fourth-order valence-corrected chi connectivity index (χ4v) is 7.96. The molecule has 0 aliphatic heterocycles. The van der Waals surface area contributed by atoms with E-state index in [4.69, 9.17) is 4.74 Å². The molecule has 190 valence electrons. The largest absolute Gasteiger partial charge is 0.458 e. The Kier molecular flexibility index (Phi) is 6.23. The first-order valence-electron chi connectivity index (χ1n) is 12.9. The predicted molar refractivity (Wildman–Crippen MR) is 129 cm³/mol. The van der Waals surface area contributed by atoms with Crippen LogP contribution in [0.1, 0.15) is 86.5 Å². The van der Waals surface area contributed by atoms with Crippen LogP contribution in [0.15, 0.2) is 23.3 Å². The summed E-state index contributed by atoms with van der Waals surface area (Å²) in [5.41, 5.74) is -2.47. The van der Waals surface area contributed by atoms with Gasteiger partial charge in [0.05, 0.1) is 6.10 Å². The van der Waals surface area contributed by atoms with E-state index in [1.165, 1.54) is 13.0 Å². The minimum Gasteiger partial charge on any atom is -0.458 e. The van der Waals surface area contributed by atoms with E-state index in [-0.39, 0.29) is 30.5 Å². The van der Waals surface area contributed by atoms with Crippen LogP contribution in [-0.2, 0) is 14.3 Å². The summed E-state index contributed by atoms with van der Waals surface area (Å²) in [6.07, 6.45) is 5.72. The van der Waals surface area contributed by atoms with Crippen LogP contribution in [0.3, 0.4) is 0 Å². The van der Waals surface area contributed by atoms with E-state index in [2.05, 4.69) is 6.92 Å². The smallest absolute Gasteiger partial charge is 0.330 e. The Hall–Kier alpha value is -1.50. The van der Waals surface area contributed by atoms with Crippen LogP contribution in [0, 0.1) is 28.6 Å². The number of Topliss-reactive ketones (excluding diaryl/α,β-unsaturated/α-hetero) is 1. The summed E-state index contributed by atoms with van der Waals surface area (Å²) in [7, 11) is 0. The fourth-order valence-electron chi connectivity index (χ4n) is 7.96. The fraction of sp³-hybridized carbons (Fsp3) is 0.786. The first-order chi connectivity index (χ1) is 15.7. The molecule has 0 saturated heterocycles. The second-order valence-electron chi connectivity index (χ2n) is 12.3. The standard InChI is InChI=1S/C28H42O6/c1-16(2)17(3)13-24(31)34-23-15-22-25(5)10-8-20(30)14-19(25)7-11-27(22,32)28(33)12-9-21(18(4)29)26(23,28)6/h7,13,16,20-23,30,32-33H,8-12,14-15H2,1-6H3/b17-13+/t20-,21-,22-,23+,25-,26-,27-,28+/m0/s1. The lowest BCUT2D eigenvalue weighted by molar-refractivity contribution is -0.299. The topological polar surface area (TPSA) is 104 Å². The normalized spacial score (nSPS) is 46.3. The Bertz CT molecular complexity index is 935. The molecule has 0 radical (unpaired) electrons. The summed E-state index contributed by atoms with van der Waals surface area (Å²) >= 11 is 0. The second kappa shape index (κ2) is 8.28. The highest BCUT2D eigenvalue weighted by Gasteiger charge is 2.77. The van der Waals surface area contributed by atoms with Gasteiger partial charge in [-0.05, 0) is 70.1 Å². The van der Waals surface area contributed by atoms with Crippen LogP contribution >= 0.6 is 0 Å². The summed E-state index contributed by atoms with van der Waals surface area (Å²) in [5.74, 6) is -1.15. The lowest BCUT2D eigenvalue weighted by Gasteiger charge is -2.66. The molecule has 0 heterocycles. The van der Waals surface area contributed by atoms with Crippen molar-refractivity contribution >= 4 is 11.8 Å². The third-order valence-corrected chi connectivity index (χ3v) is 10.4. The number of allylic oxidation sites excluding steroid dienone is 1. The van der Waals surface area contributed by atoms with Gasteiger partial charge >= 0.3 is 5.97 Å². The zero-order chi connectivity index (χ0) is 25.3. The number of aliphatic hydroxyl groups excluding tert-OH is 1. The summed E-state index contributed by atoms with van der Waals surface area (Å²) in [4.78, 5) is 25.8. The third-order valence-electron chi connectivity index (χ3n) is 10.4. The Morgan fingerprint density at radius 3 is 2.44 bits per heavy atom. The van der Waals surface area contributed by atoms with Gasteiger partial charge in [0.15, 0.2) is 0 Å². The molecule has 3 N–H and O–H groups in total. The zero-order valence-corrected chi connectivity index (χ0v) is 21.6. The lowest BCUT2D eigenvalue weighted by Crippen LogP contribution is -2.75. The Morgan fingerprint density at radius 1 is 1.15 bits per heavy atom. The van der Waals surface area contributed by atoms with Crippen molar-refractivity contribution in [2.45, 2.75) is 110 Å². The number of rotatable bonds is 4. The molecule has 6 nitrogen and oxygen atoms in total. The van der Waals surface area contributed by atoms with E-state index < -0.39 is 46.1 Å². The van der Waals surface area contributed by atoms with Crippen LogP contribution in [0.5, 0.6) is 0 Å². The van der Waals surface area contributed by atoms with Gasteiger partial charge in [-0.15, -0.1) is 0 Å². The molecule has 8 atom stereocenters. The molecule has 3 saturated carbocycles. The van der Waals surface area contributed by atoms with Crippen LogP contribution in [-0.4, -0.2) is 50.5 Å². The molecule has 6 heteroatoms. The summed E-state index contributed by atoms with van der Waals surface area (Å²) in [6, 6.07) is 0. The van der Waals surface area contributed by atoms with Gasteiger partial charge in [-0.2, -0.15) is 0 Å². The molecule has 3 fully saturated rings. The summed E-state index contributed by atoms with van der Waals surface area (Å²) < 4.78 is 6.11. The maximum absolute atomic E-state index is 13.0. The quantitative estimate of drug-likeness (QED) is 0.325. The molecule has 34 heavy (non-hydrogen) atoms. The zero-order valence-electron chi connectivity index (χ0n) is 21.6. The average Bonchev–Trinajstić information content (AvgIpc) is 3.04. The minimum absolute atomic E-state index is 0.0468. The van der Waals surface area contributed by atoms with E-state index in [0.717, 1.165) is 11.1 Å². The Morgan fingerprint density at radius 2 is 1.82 bits per heavy atom. The molecule has 4 rings (SSSR count). The van der Waals surface area contributed by atoms with E-state index >= 15 is 0 Å². The van der Waals surface area contributed by atoms with E-state index in [1.807, 2.05) is 33.8 Å². The van der Waals surface area contributed by atoms with Gasteiger partial charge in [0, 0.05) is 23.3 Å². The van der Waals surface area contributed by atoms with Crippen molar-refractivity contribution in [2.24, 2.45) is 28.6 Å². The average molecular weight is 475 g/mol. The number of aliphatic hydroxyl groups is 3. The SMILES string of the molecule is CC(=O)[C@@H]1CC[C@@]2(O)[C@]1(C)[C@H](OC(=O)/C=C(\C)C(C)C)C[C@H]1[C@@]3(C)CC[C@H](O)CC3=CC[C@]12O. The molecule has 0 aromatic heterocycles. The number of fused-ring (bicyclic) bond motifs is 5. The maximum atomic E-state index is 13.0. The van der Waals surface area contributed by atoms with Gasteiger partial charge in [-0.3, -0.25) is 4.79 Å². The number of hydrogen-bond acceptors (Lipinski definition) is 6. The van der Waals surface area contributed by atoms with Gasteiger partial charge in [-0.25, -0.2) is 4.79 Å². The molecule has 0 spiro atoms. The minimum atomic E-state index is -1.57. The highest BCUT2D eigenvalue weighted by Crippen LogP contribution is 2.70. The summed E-state index contributed by atoms with van der Waals surface area (Å²) in [6.45, 7) is 11.4. The molecule has 4 aliphatic rings. The van der Waals surface area contributed by atoms with Crippen molar-refractivity contribution in [1.29, 1.82) is 0 Å². The molecule has 0 aromatic rings. The second-order valence-corrected chi connectivity index (χ2v) is 12.3. The molecule has 4 aliphatic carbocycles. The van der Waals surface area contributed by atoms with Crippen molar-refractivity contribution in [3.05, 3.63) is 23.3 Å². The van der Waals surface area contributed by atoms with E-state index in [9.17, 15) is 24.9 Å². The van der Waals surface area contributed by atoms with Crippen LogP contribution < -0.4 is 0 Å². The number of esters is 1. The van der Waals surface area contributed by atoms with Crippen LogP contribution in [0.25, 0.3) is 0 Å². The number of hydrogen-bond donors (Lipinski definition) is 3. The van der Waals surface area contributed by atoms with Crippen molar-refractivity contribution in [3.63, 3.8) is 0 Å². The number of carbonyl (C=O) groups is 2. The highest BCUT2D eigenvalue weighted by molar-refractivity contribution is 5.83. The number of ketones is 1. The molecule has 0 unspecified atom stereocenters. The van der Waals surface area contributed by atoms with Crippen molar-refractivity contribution in [2.75, 3.05) is 0 Å². The molecular formula is C28H42O6. The molecule has 0 amide bonds. The van der Waals surface area contributed by atoms with Gasteiger partial charge < -0.3 is 20.1 Å². The van der Waals surface area contributed by atoms with Crippen molar-refractivity contribution < 1.29 is 29.6 Å². The van der Waals surface area contributed by atoms with Gasteiger partial charge in [0.25, 0.3) is 0 Å². The predicted octanol–water partition coefficient (Wildman–Crippen LogP) is 3.87. The van der Waals surface area contributed by atoms with Crippen LogP contribution in [0.4, 0.5) is 0 Å². The van der Waals surface area contributed by atoms with E-state index in [1.54, 1.807) is 0 Å². The first kappa shape index (κ1) is 25.6. The van der Waals surface area contributed by atoms with Gasteiger partial charge in [-0.1, -0.05) is 44.9 Å². The molecule has 0 bridgehead atoms. The monoisotopic (exact) mass is 474 g/mol. The van der Waals surface area contributed by atoms with Gasteiger partial charge in [0.1, 0.15) is 23.1 Å². The van der Waals surface area contributed by atoms with Gasteiger partial charge in [0.2, 0.25) is 0 Å². The van der Waals surface area contributed by atoms with Crippen molar-refractivity contribution in [3.8, 4) is 0 Å². The van der Waals surface area contributed by atoms with E-state index in [0.29, 0.717) is 32.1 Å². The molecular weight excluding hydrogens is 432 g/mol. The maximum Gasteiger partial charge on any atom is 0.330 e. The Balaban J connectivity index is 1.81. The van der Waals surface area contributed by atoms with Crippen LogP contribution in [0.2, 0.25) is 0 Å².